The van der Waals surface area contributed by atoms with E-state index in [1.165, 1.54) is 0 Å². The molecule has 0 aliphatic carbocycles. The van der Waals surface area contributed by atoms with E-state index in [-0.39, 0.29) is 29.7 Å². The summed E-state index contributed by atoms with van der Waals surface area (Å²) in [4.78, 5) is 14.2. The smallest absolute Gasteiger partial charge is 0.417 e. The van der Waals surface area contributed by atoms with Crippen molar-refractivity contribution in [1.29, 1.82) is 0 Å². The van der Waals surface area contributed by atoms with Crippen molar-refractivity contribution in [1.82, 2.24) is 4.98 Å². The highest BCUT2D eigenvalue weighted by molar-refractivity contribution is 6.32. The largest absolute Gasteiger partial charge is 0.481 e. The van der Waals surface area contributed by atoms with Crippen LogP contribution in [0, 0.1) is 5.92 Å². The molecular weight excluding hydrogens is 297 g/mol. The minimum Gasteiger partial charge on any atom is -0.481 e. The minimum atomic E-state index is -4.50. The van der Waals surface area contributed by atoms with E-state index in [0.717, 1.165) is 6.07 Å². The van der Waals surface area contributed by atoms with Crippen LogP contribution in [-0.4, -0.2) is 22.6 Å². The average molecular weight is 311 g/mol. The lowest BCUT2D eigenvalue weighted by Crippen LogP contribution is -2.18. The Morgan fingerprint density at radius 3 is 2.65 bits per heavy atom. The van der Waals surface area contributed by atoms with Crippen molar-refractivity contribution in [2.75, 3.05) is 11.9 Å². The zero-order chi connectivity index (χ0) is 15.3. The summed E-state index contributed by atoms with van der Waals surface area (Å²) in [7, 11) is 0. The zero-order valence-corrected chi connectivity index (χ0v) is 11.4. The summed E-state index contributed by atoms with van der Waals surface area (Å²) in [6.07, 6.45) is -3.21. The number of anilines is 1. The van der Waals surface area contributed by atoms with Gasteiger partial charge in [0.25, 0.3) is 0 Å². The molecular formula is C12H14ClF3N2O2. The summed E-state index contributed by atoms with van der Waals surface area (Å²) in [6, 6.07) is 0.787. The van der Waals surface area contributed by atoms with E-state index in [4.69, 9.17) is 16.7 Å². The van der Waals surface area contributed by atoms with Crippen molar-refractivity contribution in [3.8, 4) is 0 Å². The normalized spacial score (nSPS) is 13.1. The molecule has 1 aromatic heterocycles. The predicted molar refractivity (Wildman–Crippen MR) is 68.8 cm³/mol. The van der Waals surface area contributed by atoms with Gasteiger partial charge in [0.15, 0.2) is 0 Å². The minimum absolute atomic E-state index is 0.0260. The molecule has 8 heteroatoms. The summed E-state index contributed by atoms with van der Waals surface area (Å²) in [5, 5.41) is 11.3. The van der Waals surface area contributed by atoms with Gasteiger partial charge in [-0.1, -0.05) is 24.9 Å². The van der Waals surface area contributed by atoms with E-state index in [9.17, 15) is 18.0 Å². The highest BCUT2D eigenvalue weighted by Gasteiger charge is 2.31. The first-order valence-electron chi connectivity index (χ1n) is 5.92. The monoisotopic (exact) mass is 310 g/mol. The van der Waals surface area contributed by atoms with Gasteiger partial charge < -0.3 is 10.4 Å². The van der Waals surface area contributed by atoms with Crippen molar-refractivity contribution in [2.45, 2.75) is 25.9 Å². The number of rotatable bonds is 6. The van der Waals surface area contributed by atoms with Crippen molar-refractivity contribution in [3.05, 3.63) is 22.8 Å². The van der Waals surface area contributed by atoms with E-state index < -0.39 is 17.7 Å². The van der Waals surface area contributed by atoms with Gasteiger partial charge in [-0.2, -0.15) is 13.2 Å². The molecule has 1 rings (SSSR count). The van der Waals surface area contributed by atoms with Crippen LogP contribution in [0.15, 0.2) is 12.3 Å². The van der Waals surface area contributed by atoms with E-state index in [1.54, 1.807) is 0 Å². The Balaban J connectivity index is 2.71. The van der Waals surface area contributed by atoms with E-state index >= 15 is 0 Å². The van der Waals surface area contributed by atoms with Gasteiger partial charge >= 0.3 is 12.1 Å². The van der Waals surface area contributed by atoms with Crippen molar-refractivity contribution in [3.63, 3.8) is 0 Å². The maximum absolute atomic E-state index is 12.4. The third-order valence-corrected chi connectivity index (χ3v) is 3.06. The van der Waals surface area contributed by atoms with E-state index in [0.29, 0.717) is 12.6 Å². The Kier molecular flexibility index (Phi) is 5.62. The average Bonchev–Trinajstić information content (AvgIpc) is 2.33. The molecule has 4 nitrogen and oxygen atoms in total. The van der Waals surface area contributed by atoms with Crippen LogP contribution in [0.2, 0.25) is 5.02 Å². The van der Waals surface area contributed by atoms with Crippen LogP contribution < -0.4 is 5.32 Å². The van der Waals surface area contributed by atoms with Gasteiger partial charge in [0, 0.05) is 19.2 Å². The molecule has 1 heterocycles. The van der Waals surface area contributed by atoms with Gasteiger partial charge in [0.1, 0.15) is 5.82 Å². The van der Waals surface area contributed by atoms with Crippen molar-refractivity contribution >= 4 is 23.4 Å². The molecule has 0 fully saturated rings. The second-order valence-electron chi connectivity index (χ2n) is 4.31. The predicted octanol–water partition coefficient (Wildman–Crippen LogP) is 3.67. The maximum Gasteiger partial charge on any atom is 0.417 e. The number of nitrogens with zero attached hydrogens (tertiary/aromatic N) is 1. The first-order valence-corrected chi connectivity index (χ1v) is 6.30. The van der Waals surface area contributed by atoms with Crippen LogP contribution in [0.25, 0.3) is 0 Å². The molecule has 1 unspecified atom stereocenters. The van der Waals surface area contributed by atoms with Crippen LogP contribution >= 0.6 is 11.6 Å². The molecule has 0 aromatic carbocycles. The van der Waals surface area contributed by atoms with Gasteiger partial charge in [-0.15, -0.1) is 0 Å². The van der Waals surface area contributed by atoms with Crippen molar-refractivity contribution in [2.24, 2.45) is 5.92 Å². The number of carboxylic acid groups (broad SMARTS) is 1. The Hall–Kier alpha value is -1.50. The molecule has 0 spiro atoms. The van der Waals surface area contributed by atoms with E-state index in [1.807, 2.05) is 6.92 Å². The van der Waals surface area contributed by atoms with Crippen LogP contribution in [0.5, 0.6) is 0 Å². The fourth-order valence-corrected chi connectivity index (χ4v) is 1.80. The number of carbonyl (C=O) groups is 1. The lowest BCUT2D eigenvalue weighted by atomic mass is 10.0. The fourth-order valence-electron chi connectivity index (χ4n) is 1.57. The van der Waals surface area contributed by atoms with Gasteiger partial charge in [0.2, 0.25) is 0 Å². The third-order valence-electron chi connectivity index (χ3n) is 2.77. The van der Waals surface area contributed by atoms with Crippen LogP contribution in [0.4, 0.5) is 19.0 Å². The molecule has 1 atom stereocenters. The van der Waals surface area contributed by atoms with Crippen molar-refractivity contribution < 1.29 is 23.1 Å². The summed E-state index contributed by atoms with van der Waals surface area (Å²) in [5.74, 6) is -0.957. The molecule has 0 aliphatic heterocycles. The number of aliphatic carboxylic acids is 1. The number of carboxylic acids is 1. The first-order chi connectivity index (χ1) is 9.24. The molecule has 112 valence electrons. The molecule has 2 N–H and O–H groups in total. The summed E-state index contributed by atoms with van der Waals surface area (Å²) in [5.41, 5.74) is -0.925. The molecule has 20 heavy (non-hydrogen) atoms. The Morgan fingerprint density at radius 1 is 1.55 bits per heavy atom. The van der Waals surface area contributed by atoms with Gasteiger partial charge in [-0.05, 0) is 12.0 Å². The highest BCUT2D eigenvalue weighted by atomic mass is 35.5. The molecule has 0 amide bonds. The summed E-state index contributed by atoms with van der Waals surface area (Å²) < 4.78 is 37.3. The Labute approximate surface area is 119 Å². The Morgan fingerprint density at radius 2 is 2.20 bits per heavy atom. The molecule has 0 aliphatic rings. The number of alkyl halides is 3. The van der Waals surface area contributed by atoms with Crippen LogP contribution in [-0.2, 0) is 11.0 Å². The number of hydrogen-bond acceptors (Lipinski definition) is 3. The Bertz CT molecular complexity index is 480. The second-order valence-corrected chi connectivity index (χ2v) is 4.71. The highest BCUT2D eigenvalue weighted by Crippen LogP contribution is 2.32. The van der Waals surface area contributed by atoms with Gasteiger partial charge in [0.05, 0.1) is 10.6 Å². The fraction of sp³-hybridized carbons (Fsp3) is 0.500. The van der Waals surface area contributed by atoms with Gasteiger partial charge in [-0.25, -0.2) is 4.98 Å². The molecule has 0 saturated heterocycles. The standard InChI is InChI=1S/C12H14ClF3N2O2/c1-2-7(3-10(19)20)5-17-11-9(13)4-8(6-18-11)12(14,15)16/h4,6-7H,2-3,5H2,1H3,(H,17,18)(H,19,20). The zero-order valence-electron chi connectivity index (χ0n) is 10.7. The summed E-state index contributed by atoms with van der Waals surface area (Å²) in [6.45, 7) is 2.11. The lowest BCUT2D eigenvalue weighted by Gasteiger charge is -2.15. The third kappa shape index (κ3) is 4.88. The maximum atomic E-state index is 12.4. The molecule has 0 saturated carbocycles. The molecule has 1 aromatic rings. The van der Waals surface area contributed by atoms with Gasteiger partial charge in [-0.3, -0.25) is 4.79 Å². The molecule has 0 radical (unpaired) electrons. The number of aromatic nitrogens is 1. The second kappa shape index (κ2) is 6.78. The quantitative estimate of drug-likeness (QED) is 0.841. The number of pyridine rings is 1. The van der Waals surface area contributed by atoms with Crippen LogP contribution in [0.3, 0.4) is 0 Å². The van der Waals surface area contributed by atoms with E-state index in [2.05, 4.69) is 10.3 Å². The van der Waals surface area contributed by atoms with Crippen LogP contribution in [0.1, 0.15) is 25.3 Å². The molecule has 0 bridgehead atoms. The number of halogens is 4. The number of nitrogens with one attached hydrogen (secondary N) is 1. The first kappa shape index (κ1) is 16.6. The topological polar surface area (TPSA) is 62.2 Å². The lowest BCUT2D eigenvalue weighted by molar-refractivity contribution is -0.138. The SMILES string of the molecule is CCC(CNc1ncc(C(F)(F)F)cc1Cl)CC(=O)O. The summed E-state index contributed by atoms with van der Waals surface area (Å²) >= 11 is 5.73. The number of hydrogen-bond donors (Lipinski definition) is 2.